The van der Waals surface area contributed by atoms with Crippen LogP contribution in [0.4, 0.5) is 0 Å². The van der Waals surface area contributed by atoms with Crippen molar-refractivity contribution in [3.63, 3.8) is 0 Å². The van der Waals surface area contributed by atoms with Crippen molar-refractivity contribution in [1.29, 1.82) is 0 Å². The topological polar surface area (TPSA) is 71.0 Å². The number of hydrogen-bond acceptors (Lipinski definition) is 4. The molecule has 0 amide bonds. The Hall–Kier alpha value is -2.56. The van der Waals surface area contributed by atoms with Crippen LogP contribution in [0.15, 0.2) is 63.8 Å². The molecule has 1 aromatic rings. The first-order chi connectivity index (χ1) is 12.0. The van der Waals surface area contributed by atoms with Crippen molar-refractivity contribution < 1.29 is 13.2 Å². The van der Waals surface area contributed by atoms with Gasteiger partial charge < -0.3 is 4.74 Å². The summed E-state index contributed by atoms with van der Waals surface area (Å²) in [5, 5.41) is 0. The molecule has 0 fully saturated rings. The Labute approximate surface area is 146 Å². The number of likely N-dealkylation sites (N-methyl/N-ethyl adjacent to an activating group) is 1. The van der Waals surface area contributed by atoms with E-state index in [2.05, 4.69) is 21.2 Å². The van der Waals surface area contributed by atoms with Crippen molar-refractivity contribution in [3.8, 4) is 5.75 Å². The van der Waals surface area contributed by atoms with Gasteiger partial charge in [-0.25, -0.2) is 4.99 Å². The molecule has 2 heterocycles. The number of methoxy groups -OCH3 is 1. The second-order valence-electron chi connectivity index (χ2n) is 6.02. The molecule has 1 aromatic carbocycles. The molecule has 1 unspecified atom stereocenters. The number of nitrogens with zero attached hydrogens (tertiary/aromatic N) is 2. The van der Waals surface area contributed by atoms with Gasteiger partial charge in [-0.1, -0.05) is 23.9 Å². The Bertz CT molecular complexity index is 1020. The zero-order chi connectivity index (χ0) is 17.6. The molecule has 0 saturated heterocycles. The van der Waals surface area contributed by atoms with Crippen LogP contribution in [0.5, 0.6) is 5.75 Å². The molecular formula is C18H17N3O3S. The summed E-state index contributed by atoms with van der Waals surface area (Å²) in [6.45, 7) is 0. The predicted molar refractivity (Wildman–Crippen MR) is 94.4 cm³/mol. The first-order valence-electron chi connectivity index (χ1n) is 7.92. The molecule has 0 aromatic heterocycles. The second kappa shape index (κ2) is 5.76. The molecule has 0 bridgehead atoms. The summed E-state index contributed by atoms with van der Waals surface area (Å²) >= 11 is 0. The zero-order valence-electron chi connectivity index (χ0n) is 13.9. The molecule has 2 aliphatic heterocycles. The van der Waals surface area contributed by atoms with Crippen molar-refractivity contribution in [2.45, 2.75) is 18.9 Å². The minimum atomic E-state index is -3.69. The summed E-state index contributed by atoms with van der Waals surface area (Å²) in [6, 6.07) is 7.07. The number of para-hydroxylation sites is 1. The molecule has 1 atom stereocenters. The molecule has 0 saturated carbocycles. The number of rotatable bonds is 2. The third-order valence-electron chi connectivity index (χ3n) is 4.71. The Morgan fingerprint density at radius 1 is 1.32 bits per heavy atom. The van der Waals surface area contributed by atoms with Crippen LogP contribution in [0.25, 0.3) is 0 Å². The maximum absolute atomic E-state index is 12.7. The van der Waals surface area contributed by atoms with E-state index in [1.54, 1.807) is 14.2 Å². The molecule has 7 heteroatoms. The van der Waals surface area contributed by atoms with Gasteiger partial charge >= 0.3 is 10.2 Å². The number of allylic oxidation sites excluding steroid dienone is 1. The molecule has 1 aliphatic carbocycles. The first kappa shape index (κ1) is 15.9. The van der Waals surface area contributed by atoms with E-state index in [0.717, 1.165) is 23.1 Å². The van der Waals surface area contributed by atoms with E-state index in [0.29, 0.717) is 23.6 Å². The monoisotopic (exact) mass is 355 g/mol. The summed E-state index contributed by atoms with van der Waals surface area (Å²) in [7, 11) is -0.521. The minimum Gasteiger partial charge on any atom is -0.496 e. The highest BCUT2D eigenvalue weighted by atomic mass is 32.2. The van der Waals surface area contributed by atoms with Gasteiger partial charge in [0, 0.05) is 18.2 Å². The number of hydrogen-bond donors (Lipinski definition) is 1. The van der Waals surface area contributed by atoms with E-state index in [1.165, 1.54) is 10.5 Å². The summed E-state index contributed by atoms with van der Waals surface area (Å²) in [5.41, 5.74) is 9.76. The van der Waals surface area contributed by atoms with Gasteiger partial charge in [-0.2, -0.15) is 12.7 Å². The average molecular weight is 355 g/mol. The molecule has 3 aliphatic rings. The van der Waals surface area contributed by atoms with Crippen molar-refractivity contribution in [2.75, 3.05) is 14.2 Å². The minimum absolute atomic E-state index is 0.434. The van der Waals surface area contributed by atoms with Crippen molar-refractivity contribution in [3.05, 3.63) is 64.3 Å². The lowest BCUT2D eigenvalue weighted by Crippen LogP contribution is -2.48. The van der Waals surface area contributed by atoms with Crippen LogP contribution < -0.4 is 9.46 Å². The second-order valence-corrected chi connectivity index (χ2v) is 7.75. The number of ether oxygens (including phenoxy) is 1. The highest BCUT2D eigenvalue weighted by Crippen LogP contribution is 2.44. The average Bonchev–Trinajstić information content (AvgIpc) is 2.63. The molecule has 4 rings (SSSR count). The highest BCUT2D eigenvalue weighted by molar-refractivity contribution is 7.87. The van der Waals surface area contributed by atoms with E-state index < -0.39 is 16.3 Å². The molecule has 1 N–H and O–H groups in total. The standard InChI is InChI=1S/C18H17N3O3S/c1-21-18(13-7-3-4-8-15(13)24-2)14-10-9-12-6-5-11-19-16(12)17(14)20-25(21,22)23/h3-4,7-8,11,18,20H,9-10H2,1-2H3. The van der Waals surface area contributed by atoms with Crippen LogP contribution in [0.2, 0.25) is 0 Å². The summed E-state index contributed by atoms with van der Waals surface area (Å²) in [5.74, 6) is 0.662. The molecule has 0 radical (unpaired) electrons. The zero-order valence-corrected chi connectivity index (χ0v) is 14.7. The summed E-state index contributed by atoms with van der Waals surface area (Å²) in [6.07, 6.45) is 2.98. The molecule has 6 nitrogen and oxygen atoms in total. The summed E-state index contributed by atoms with van der Waals surface area (Å²) < 4.78 is 35.0. The maximum atomic E-state index is 12.7. The lowest BCUT2D eigenvalue weighted by atomic mass is 9.84. The Kier molecular flexibility index (Phi) is 3.67. The van der Waals surface area contributed by atoms with Gasteiger partial charge in [0.15, 0.2) is 0 Å². The summed E-state index contributed by atoms with van der Waals surface area (Å²) in [4.78, 5) is 4.34. The first-order valence-corrected chi connectivity index (χ1v) is 9.36. The third kappa shape index (κ3) is 2.46. The fourth-order valence-electron chi connectivity index (χ4n) is 3.51. The van der Waals surface area contributed by atoms with Gasteiger partial charge in [0.1, 0.15) is 5.75 Å². The van der Waals surface area contributed by atoms with Crippen LogP contribution >= 0.6 is 0 Å². The lowest BCUT2D eigenvalue weighted by molar-refractivity contribution is 0.362. The quantitative estimate of drug-likeness (QED) is 0.827. The van der Waals surface area contributed by atoms with E-state index in [4.69, 9.17) is 4.74 Å². The molecule has 25 heavy (non-hydrogen) atoms. The number of benzene rings is 1. The van der Waals surface area contributed by atoms with E-state index in [-0.39, 0.29) is 0 Å². The van der Waals surface area contributed by atoms with Crippen LogP contribution in [0.3, 0.4) is 0 Å². The normalized spacial score (nSPS) is 24.0. The largest absolute Gasteiger partial charge is 0.496 e. The van der Waals surface area contributed by atoms with E-state index in [1.807, 2.05) is 24.3 Å². The van der Waals surface area contributed by atoms with E-state index in [9.17, 15) is 8.42 Å². The number of fused-ring (bicyclic) bond motifs is 2. The van der Waals surface area contributed by atoms with Crippen LogP contribution in [-0.2, 0) is 10.2 Å². The van der Waals surface area contributed by atoms with E-state index >= 15 is 0 Å². The van der Waals surface area contributed by atoms with Gasteiger partial charge in [-0.3, -0.25) is 4.72 Å². The fraction of sp³-hybridized carbons (Fsp3) is 0.278. The van der Waals surface area contributed by atoms with Gasteiger partial charge in [0.25, 0.3) is 0 Å². The number of aliphatic imine (C=N–C) groups is 1. The fourth-order valence-corrected chi connectivity index (χ4v) is 4.66. The SMILES string of the molecule is COc1ccccc1C1C2=C(NS(=O)(=O)N1C)C1=NC=C=C=C1CC2. The third-order valence-corrected chi connectivity index (χ3v) is 6.14. The Morgan fingerprint density at radius 2 is 2.12 bits per heavy atom. The van der Waals surface area contributed by atoms with Crippen molar-refractivity contribution >= 4 is 15.9 Å². The van der Waals surface area contributed by atoms with Crippen LogP contribution in [0.1, 0.15) is 24.4 Å². The number of nitrogens with one attached hydrogen (secondary N) is 1. The molecular weight excluding hydrogens is 338 g/mol. The molecule has 128 valence electrons. The maximum Gasteiger partial charge on any atom is 0.302 e. The lowest BCUT2D eigenvalue weighted by Gasteiger charge is -2.39. The van der Waals surface area contributed by atoms with Crippen LogP contribution in [-0.4, -0.2) is 32.6 Å². The Morgan fingerprint density at radius 3 is 2.92 bits per heavy atom. The van der Waals surface area contributed by atoms with Gasteiger partial charge in [-0.15, -0.1) is 0 Å². The van der Waals surface area contributed by atoms with Gasteiger partial charge in [0.05, 0.1) is 30.8 Å². The van der Waals surface area contributed by atoms with Gasteiger partial charge in [-0.05, 0) is 30.2 Å². The van der Waals surface area contributed by atoms with Crippen molar-refractivity contribution in [1.82, 2.24) is 9.03 Å². The van der Waals surface area contributed by atoms with Gasteiger partial charge in [0.2, 0.25) is 0 Å². The smallest absolute Gasteiger partial charge is 0.302 e. The van der Waals surface area contributed by atoms with Crippen molar-refractivity contribution in [2.24, 2.45) is 4.99 Å². The van der Waals surface area contributed by atoms with Crippen LogP contribution in [0, 0.1) is 0 Å². The Balaban J connectivity index is 1.95. The predicted octanol–water partition coefficient (Wildman–Crippen LogP) is 2.21. The highest BCUT2D eigenvalue weighted by Gasteiger charge is 2.42. The molecule has 0 spiro atoms.